The van der Waals surface area contributed by atoms with Crippen LogP contribution in [0.1, 0.15) is 39.5 Å². The van der Waals surface area contributed by atoms with Gasteiger partial charge >= 0.3 is 6.03 Å². The molecule has 1 aliphatic heterocycles. The van der Waals surface area contributed by atoms with E-state index in [1.165, 1.54) is 22.5 Å². The largest absolute Gasteiger partial charge is 0.325 e. The van der Waals surface area contributed by atoms with E-state index in [2.05, 4.69) is 5.32 Å². The minimum atomic E-state index is -3.60. The number of nitrogens with one attached hydrogen (secondary N) is 1. The van der Waals surface area contributed by atoms with Crippen LogP contribution in [0.5, 0.6) is 0 Å². The molecule has 1 aliphatic rings. The molecule has 1 N–H and O–H groups in total. The Morgan fingerprint density at radius 1 is 1.16 bits per heavy atom. The Morgan fingerprint density at radius 3 is 2.32 bits per heavy atom. The van der Waals surface area contributed by atoms with E-state index in [0.717, 1.165) is 25.7 Å². The minimum Gasteiger partial charge on any atom is -0.325 e. The predicted molar refractivity (Wildman–Crippen MR) is 101 cm³/mol. The fraction of sp³-hybridized carbons (Fsp3) is 0.588. The summed E-state index contributed by atoms with van der Waals surface area (Å²) in [5.74, 6) is 0. The first-order valence-corrected chi connectivity index (χ1v) is 10.6. The smallest absolute Gasteiger partial charge is 0.321 e. The quantitative estimate of drug-likeness (QED) is 0.835. The van der Waals surface area contributed by atoms with Gasteiger partial charge in [-0.15, -0.1) is 0 Å². The number of halogens is 1. The molecule has 2 rings (SSSR count). The Balaban J connectivity index is 2.22. The van der Waals surface area contributed by atoms with Crippen molar-refractivity contribution in [2.45, 2.75) is 44.4 Å². The fourth-order valence-electron chi connectivity index (χ4n) is 2.94. The van der Waals surface area contributed by atoms with Crippen LogP contribution in [-0.4, -0.2) is 49.8 Å². The molecule has 2 amide bonds. The average molecular weight is 388 g/mol. The highest BCUT2D eigenvalue weighted by molar-refractivity contribution is 7.89. The number of urea groups is 1. The number of benzene rings is 1. The van der Waals surface area contributed by atoms with Crippen LogP contribution >= 0.6 is 11.6 Å². The zero-order valence-corrected chi connectivity index (χ0v) is 16.4. The van der Waals surface area contributed by atoms with E-state index < -0.39 is 10.0 Å². The van der Waals surface area contributed by atoms with Crippen LogP contribution in [0.4, 0.5) is 10.5 Å². The number of rotatable bonds is 5. The van der Waals surface area contributed by atoms with Gasteiger partial charge in [-0.25, -0.2) is 13.2 Å². The van der Waals surface area contributed by atoms with Crippen molar-refractivity contribution in [1.29, 1.82) is 0 Å². The summed E-state index contributed by atoms with van der Waals surface area (Å²) in [6.07, 6.45) is 4.22. The maximum atomic E-state index is 12.7. The lowest BCUT2D eigenvalue weighted by atomic mass is 10.2. The molecule has 140 valence electrons. The highest BCUT2D eigenvalue weighted by atomic mass is 35.5. The third-order valence-electron chi connectivity index (χ3n) is 4.42. The minimum absolute atomic E-state index is 0.131. The number of carbonyl (C=O) groups excluding carboxylic acids is 1. The van der Waals surface area contributed by atoms with Crippen LogP contribution < -0.4 is 5.32 Å². The Kier molecular flexibility index (Phi) is 7.10. The molecule has 1 aromatic rings. The van der Waals surface area contributed by atoms with Crippen molar-refractivity contribution in [2.24, 2.45) is 0 Å². The van der Waals surface area contributed by atoms with Gasteiger partial charge < -0.3 is 10.2 Å². The van der Waals surface area contributed by atoms with Crippen LogP contribution in [0.3, 0.4) is 0 Å². The van der Waals surface area contributed by atoms with Crippen LogP contribution in [0.15, 0.2) is 23.1 Å². The molecule has 8 heteroatoms. The Hall–Kier alpha value is -1.31. The molecule has 0 aliphatic carbocycles. The molecule has 0 aromatic heterocycles. The number of carbonyl (C=O) groups is 1. The molecular weight excluding hydrogens is 362 g/mol. The fourth-order valence-corrected chi connectivity index (χ4v) is 4.59. The number of likely N-dealkylation sites (tertiary alicyclic amines) is 1. The lowest BCUT2D eigenvalue weighted by Crippen LogP contribution is -2.35. The van der Waals surface area contributed by atoms with Gasteiger partial charge in [0.25, 0.3) is 0 Å². The maximum absolute atomic E-state index is 12.7. The molecule has 25 heavy (non-hydrogen) atoms. The van der Waals surface area contributed by atoms with Gasteiger partial charge in [-0.3, -0.25) is 0 Å². The summed E-state index contributed by atoms with van der Waals surface area (Å²) in [5, 5.41) is 3.09. The summed E-state index contributed by atoms with van der Waals surface area (Å²) in [5.41, 5.74) is 0.323. The molecular formula is C17H26ClN3O3S. The second-order valence-corrected chi connectivity index (χ2v) is 8.41. The van der Waals surface area contributed by atoms with Gasteiger partial charge in [0.1, 0.15) is 0 Å². The second-order valence-electron chi connectivity index (χ2n) is 6.06. The first-order valence-electron chi connectivity index (χ1n) is 8.75. The molecule has 1 saturated heterocycles. The SMILES string of the molecule is CCN(CC)S(=O)(=O)c1ccc(Cl)c(NC(=O)N2CCCCCC2)c1. The van der Waals surface area contributed by atoms with E-state index in [1.54, 1.807) is 18.7 Å². The van der Waals surface area contributed by atoms with Gasteiger partial charge in [-0.05, 0) is 31.0 Å². The lowest BCUT2D eigenvalue weighted by Gasteiger charge is -2.22. The standard InChI is InChI=1S/C17H26ClN3O3S/c1-3-21(4-2)25(23,24)14-9-10-15(18)16(13-14)19-17(22)20-11-7-5-6-8-12-20/h9-10,13H,3-8,11-12H2,1-2H3,(H,19,22). The number of anilines is 1. The van der Waals surface area contributed by atoms with Gasteiger partial charge in [0.15, 0.2) is 0 Å². The Labute approximate surface area is 155 Å². The predicted octanol–water partition coefficient (Wildman–Crippen LogP) is 3.78. The summed E-state index contributed by atoms with van der Waals surface area (Å²) < 4.78 is 26.7. The Bertz CT molecular complexity index is 697. The Morgan fingerprint density at radius 2 is 1.76 bits per heavy atom. The van der Waals surface area contributed by atoms with Crippen molar-refractivity contribution in [3.8, 4) is 0 Å². The van der Waals surface area contributed by atoms with E-state index in [0.29, 0.717) is 36.9 Å². The van der Waals surface area contributed by atoms with E-state index in [1.807, 2.05) is 0 Å². The highest BCUT2D eigenvalue weighted by Crippen LogP contribution is 2.27. The zero-order valence-electron chi connectivity index (χ0n) is 14.8. The van der Waals surface area contributed by atoms with Crippen molar-refractivity contribution < 1.29 is 13.2 Å². The summed E-state index contributed by atoms with van der Waals surface area (Å²) in [6, 6.07) is 4.18. The van der Waals surface area contributed by atoms with Crippen molar-refractivity contribution in [2.75, 3.05) is 31.5 Å². The average Bonchev–Trinajstić information content (AvgIpc) is 2.87. The van der Waals surface area contributed by atoms with E-state index in [4.69, 9.17) is 11.6 Å². The molecule has 1 aromatic carbocycles. The normalized spacial score (nSPS) is 15.9. The van der Waals surface area contributed by atoms with Crippen molar-refractivity contribution in [3.63, 3.8) is 0 Å². The van der Waals surface area contributed by atoms with E-state index in [9.17, 15) is 13.2 Å². The summed E-state index contributed by atoms with van der Waals surface area (Å²) >= 11 is 6.17. The van der Waals surface area contributed by atoms with E-state index >= 15 is 0 Å². The van der Waals surface area contributed by atoms with Crippen molar-refractivity contribution in [3.05, 3.63) is 23.2 Å². The number of hydrogen-bond acceptors (Lipinski definition) is 3. The molecule has 0 radical (unpaired) electrons. The van der Waals surface area contributed by atoms with Crippen LogP contribution in [-0.2, 0) is 10.0 Å². The van der Waals surface area contributed by atoms with Gasteiger partial charge in [0.2, 0.25) is 10.0 Å². The van der Waals surface area contributed by atoms with Crippen molar-refractivity contribution in [1.82, 2.24) is 9.21 Å². The third-order valence-corrected chi connectivity index (χ3v) is 6.79. The number of amides is 2. The van der Waals surface area contributed by atoms with Crippen LogP contribution in [0, 0.1) is 0 Å². The topological polar surface area (TPSA) is 69.7 Å². The molecule has 0 spiro atoms. The molecule has 1 heterocycles. The summed E-state index contributed by atoms with van der Waals surface area (Å²) in [7, 11) is -3.60. The molecule has 6 nitrogen and oxygen atoms in total. The number of hydrogen-bond donors (Lipinski definition) is 1. The first kappa shape index (κ1) is 20.0. The molecule has 0 atom stereocenters. The highest BCUT2D eigenvalue weighted by Gasteiger charge is 2.23. The molecule has 0 bridgehead atoms. The molecule has 0 unspecified atom stereocenters. The second kappa shape index (κ2) is 8.87. The number of sulfonamides is 1. The third kappa shape index (κ3) is 4.86. The molecule has 0 saturated carbocycles. The van der Waals surface area contributed by atoms with Gasteiger partial charge in [0.05, 0.1) is 15.6 Å². The zero-order chi connectivity index (χ0) is 18.4. The number of nitrogens with zero attached hydrogens (tertiary/aromatic N) is 2. The van der Waals surface area contributed by atoms with Gasteiger partial charge in [-0.2, -0.15) is 4.31 Å². The van der Waals surface area contributed by atoms with Gasteiger partial charge in [-0.1, -0.05) is 38.3 Å². The van der Waals surface area contributed by atoms with Crippen LogP contribution in [0.2, 0.25) is 5.02 Å². The lowest BCUT2D eigenvalue weighted by molar-refractivity contribution is 0.214. The van der Waals surface area contributed by atoms with Crippen LogP contribution in [0.25, 0.3) is 0 Å². The van der Waals surface area contributed by atoms with E-state index in [-0.39, 0.29) is 10.9 Å². The molecule has 1 fully saturated rings. The van der Waals surface area contributed by atoms with Gasteiger partial charge in [0, 0.05) is 26.2 Å². The van der Waals surface area contributed by atoms with Crippen molar-refractivity contribution >= 4 is 33.3 Å². The first-order chi connectivity index (χ1) is 11.9. The monoisotopic (exact) mass is 387 g/mol. The summed E-state index contributed by atoms with van der Waals surface area (Å²) in [4.78, 5) is 14.4. The maximum Gasteiger partial charge on any atom is 0.321 e. The summed E-state index contributed by atoms with van der Waals surface area (Å²) in [6.45, 7) is 5.77.